The number of carboxylic acids is 1. The van der Waals surface area contributed by atoms with Crippen LogP contribution in [-0.4, -0.2) is 29.1 Å². The van der Waals surface area contributed by atoms with E-state index in [2.05, 4.69) is 5.32 Å². The molecule has 0 aliphatic rings. The Morgan fingerprint density at radius 3 is 2.33 bits per heavy atom. The summed E-state index contributed by atoms with van der Waals surface area (Å²) in [6, 6.07) is 8.63. The standard InChI is InChI=1S/C16H23NO4/c1-11(2)9-14(16(19)20)17-15(18)12(3)21-10-13-7-5-4-6-8-13/h4-8,11-12,14H,9-10H2,1-3H3,(H,17,18)(H,19,20)/t12?,14-/m1/s1. The van der Waals surface area contributed by atoms with Crippen molar-refractivity contribution in [3.05, 3.63) is 35.9 Å². The van der Waals surface area contributed by atoms with E-state index in [-0.39, 0.29) is 5.92 Å². The maximum absolute atomic E-state index is 12.0. The minimum Gasteiger partial charge on any atom is -0.480 e. The van der Waals surface area contributed by atoms with Gasteiger partial charge in [-0.2, -0.15) is 0 Å². The molecule has 5 heteroatoms. The summed E-state index contributed by atoms with van der Waals surface area (Å²) in [5.74, 6) is -1.24. The Hall–Kier alpha value is -1.88. The van der Waals surface area contributed by atoms with Gasteiger partial charge in [-0.25, -0.2) is 4.79 Å². The highest BCUT2D eigenvalue weighted by atomic mass is 16.5. The Balaban J connectivity index is 2.47. The van der Waals surface area contributed by atoms with E-state index in [1.165, 1.54) is 0 Å². The fraction of sp³-hybridized carbons (Fsp3) is 0.500. The summed E-state index contributed by atoms with van der Waals surface area (Å²) < 4.78 is 5.47. The Kier molecular flexibility index (Phi) is 6.88. The van der Waals surface area contributed by atoms with Crippen molar-refractivity contribution in [3.63, 3.8) is 0 Å². The smallest absolute Gasteiger partial charge is 0.326 e. The first-order chi connectivity index (χ1) is 9.90. The van der Waals surface area contributed by atoms with E-state index >= 15 is 0 Å². The van der Waals surface area contributed by atoms with Crippen molar-refractivity contribution in [2.45, 2.75) is 45.9 Å². The van der Waals surface area contributed by atoms with Gasteiger partial charge in [-0.1, -0.05) is 44.2 Å². The lowest BCUT2D eigenvalue weighted by molar-refractivity contribution is -0.144. The molecule has 1 amide bonds. The van der Waals surface area contributed by atoms with Gasteiger partial charge in [0, 0.05) is 0 Å². The molecule has 0 spiro atoms. The molecule has 1 aromatic rings. The number of carboxylic acid groups (broad SMARTS) is 1. The van der Waals surface area contributed by atoms with Gasteiger partial charge in [-0.15, -0.1) is 0 Å². The molecule has 0 aliphatic carbocycles. The van der Waals surface area contributed by atoms with E-state index in [1.807, 2.05) is 44.2 Å². The average Bonchev–Trinajstić information content (AvgIpc) is 2.44. The van der Waals surface area contributed by atoms with Crippen LogP contribution in [0.3, 0.4) is 0 Å². The first-order valence-corrected chi connectivity index (χ1v) is 7.09. The predicted octanol–water partition coefficient (Wildman–Crippen LogP) is 2.21. The van der Waals surface area contributed by atoms with Crippen LogP contribution in [0.25, 0.3) is 0 Å². The van der Waals surface area contributed by atoms with Gasteiger partial charge in [0.25, 0.3) is 0 Å². The van der Waals surface area contributed by atoms with Gasteiger partial charge in [0.1, 0.15) is 12.1 Å². The lowest BCUT2D eigenvalue weighted by atomic mass is 10.0. The van der Waals surface area contributed by atoms with E-state index in [1.54, 1.807) is 6.92 Å². The van der Waals surface area contributed by atoms with E-state index in [0.717, 1.165) is 5.56 Å². The third-order valence-electron chi connectivity index (χ3n) is 3.03. The van der Waals surface area contributed by atoms with Gasteiger partial charge in [0.2, 0.25) is 5.91 Å². The van der Waals surface area contributed by atoms with Gasteiger partial charge in [-0.05, 0) is 24.8 Å². The summed E-state index contributed by atoms with van der Waals surface area (Å²) in [7, 11) is 0. The van der Waals surface area contributed by atoms with E-state index < -0.39 is 24.0 Å². The summed E-state index contributed by atoms with van der Waals surface area (Å²) in [6.45, 7) is 5.76. The average molecular weight is 293 g/mol. The molecule has 21 heavy (non-hydrogen) atoms. The number of amides is 1. The molecule has 1 aromatic carbocycles. The van der Waals surface area contributed by atoms with Crippen LogP contribution in [0.1, 0.15) is 32.8 Å². The zero-order chi connectivity index (χ0) is 15.8. The quantitative estimate of drug-likeness (QED) is 0.770. The van der Waals surface area contributed by atoms with Crippen molar-refractivity contribution in [2.75, 3.05) is 0 Å². The van der Waals surface area contributed by atoms with Gasteiger partial charge >= 0.3 is 5.97 Å². The van der Waals surface area contributed by atoms with Crippen LogP contribution in [0.4, 0.5) is 0 Å². The molecule has 5 nitrogen and oxygen atoms in total. The third-order valence-corrected chi connectivity index (χ3v) is 3.03. The summed E-state index contributed by atoms with van der Waals surface area (Å²) in [4.78, 5) is 23.1. The number of nitrogens with one attached hydrogen (secondary N) is 1. The maximum Gasteiger partial charge on any atom is 0.326 e. The number of ether oxygens (including phenoxy) is 1. The Labute approximate surface area is 125 Å². The van der Waals surface area contributed by atoms with Crippen molar-refractivity contribution in [3.8, 4) is 0 Å². The lowest BCUT2D eigenvalue weighted by Gasteiger charge is -2.19. The summed E-state index contributed by atoms with van der Waals surface area (Å²) in [5, 5.41) is 11.6. The molecule has 0 bridgehead atoms. The van der Waals surface area contributed by atoms with Crippen molar-refractivity contribution in [1.82, 2.24) is 5.32 Å². The van der Waals surface area contributed by atoms with Gasteiger partial charge < -0.3 is 15.2 Å². The number of hydrogen-bond acceptors (Lipinski definition) is 3. The Morgan fingerprint density at radius 2 is 1.81 bits per heavy atom. The second-order valence-electron chi connectivity index (χ2n) is 5.47. The minimum atomic E-state index is -1.02. The third kappa shape index (κ3) is 6.40. The molecule has 2 N–H and O–H groups in total. The van der Waals surface area contributed by atoms with Crippen molar-refractivity contribution < 1.29 is 19.4 Å². The fourth-order valence-corrected chi connectivity index (χ4v) is 1.85. The van der Waals surface area contributed by atoms with Crippen LogP contribution >= 0.6 is 0 Å². The zero-order valence-electron chi connectivity index (χ0n) is 12.7. The molecule has 0 fully saturated rings. The molecule has 0 aliphatic heterocycles. The molecule has 116 valence electrons. The topological polar surface area (TPSA) is 75.6 Å². The highest BCUT2D eigenvalue weighted by Gasteiger charge is 2.24. The SMILES string of the molecule is CC(C)C[C@@H](NC(=O)C(C)OCc1ccccc1)C(=O)O. The van der Waals surface area contributed by atoms with Crippen LogP contribution in [0, 0.1) is 5.92 Å². The Morgan fingerprint density at radius 1 is 1.19 bits per heavy atom. The highest BCUT2D eigenvalue weighted by molar-refractivity contribution is 5.86. The number of rotatable bonds is 8. The second kappa shape index (κ2) is 8.42. The molecule has 0 saturated heterocycles. The van der Waals surface area contributed by atoms with E-state index in [9.17, 15) is 9.59 Å². The zero-order valence-corrected chi connectivity index (χ0v) is 12.7. The molecular formula is C16H23NO4. The molecule has 1 unspecified atom stereocenters. The number of benzene rings is 1. The van der Waals surface area contributed by atoms with Crippen LogP contribution in [0.15, 0.2) is 30.3 Å². The Bertz CT molecular complexity index is 459. The normalized spacial score (nSPS) is 13.7. The fourth-order valence-electron chi connectivity index (χ4n) is 1.85. The number of hydrogen-bond donors (Lipinski definition) is 2. The first kappa shape index (κ1) is 17.2. The molecule has 0 radical (unpaired) electrons. The monoisotopic (exact) mass is 293 g/mol. The van der Waals surface area contributed by atoms with Crippen LogP contribution in [-0.2, 0) is 20.9 Å². The number of aliphatic carboxylic acids is 1. The molecule has 1 rings (SSSR count). The summed E-state index contributed by atoms with van der Waals surface area (Å²) >= 11 is 0. The number of carbonyl (C=O) groups is 2. The second-order valence-corrected chi connectivity index (χ2v) is 5.47. The predicted molar refractivity (Wildman–Crippen MR) is 79.7 cm³/mol. The first-order valence-electron chi connectivity index (χ1n) is 7.09. The highest BCUT2D eigenvalue weighted by Crippen LogP contribution is 2.07. The molecule has 0 aromatic heterocycles. The largest absolute Gasteiger partial charge is 0.480 e. The maximum atomic E-state index is 12.0. The van der Waals surface area contributed by atoms with Crippen molar-refractivity contribution in [1.29, 1.82) is 0 Å². The van der Waals surface area contributed by atoms with E-state index in [4.69, 9.17) is 9.84 Å². The van der Waals surface area contributed by atoms with Gasteiger partial charge in [0.05, 0.1) is 6.61 Å². The molecular weight excluding hydrogens is 270 g/mol. The van der Waals surface area contributed by atoms with Crippen molar-refractivity contribution in [2.24, 2.45) is 5.92 Å². The van der Waals surface area contributed by atoms with Crippen LogP contribution in [0.2, 0.25) is 0 Å². The number of carbonyl (C=O) groups excluding carboxylic acids is 1. The van der Waals surface area contributed by atoms with Gasteiger partial charge in [-0.3, -0.25) is 4.79 Å². The molecule has 2 atom stereocenters. The minimum absolute atomic E-state index is 0.187. The lowest BCUT2D eigenvalue weighted by Crippen LogP contribution is -2.46. The van der Waals surface area contributed by atoms with Gasteiger partial charge in [0.15, 0.2) is 0 Å². The van der Waals surface area contributed by atoms with Crippen LogP contribution in [0.5, 0.6) is 0 Å². The molecule has 0 heterocycles. The van der Waals surface area contributed by atoms with Crippen LogP contribution < -0.4 is 5.32 Å². The summed E-state index contributed by atoms with van der Waals surface area (Å²) in [5.41, 5.74) is 0.967. The summed E-state index contributed by atoms with van der Waals surface area (Å²) in [6.07, 6.45) is -0.300. The van der Waals surface area contributed by atoms with Crippen molar-refractivity contribution >= 4 is 11.9 Å². The van der Waals surface area contributed by atoms with E-state index in [0.29, 0.717) is 13.0 Å². The molecule has 0 saturated carbocycles.